The van der Waals surface area contributed by atoms with Crippen LogP contribution in [-0.4, -0.2) is 29.8 Å². The lowest BCUT2D eigenvalue weighted by atomic mass is 10.1. The van der Waals surface area contributed by atoms with Crippen LogP contribution in [0.4, 0.5) is 0 Å². The molecule has 2 amide bonds. The molecule has 0 atom stereocenters. The van der Waals surface area contributed by atoms with Gasteiger partial charge >= 0.3 is 0 Å². The van der Waals surface area contributed by atoms with E-state index < -0.39 is 0 Å². The van der Waals surface area contributed by atoms with Crippen molar-refractivity contribution in [1.82, 2.24) is 10.2 Å². The molecule has 0 saturated heterocycles. The van der Waals surface area contributed by atoms with Gasteiger partial charge in [0.05, 0.1) is 6.54 Å². The van der Waals surface area contributed by atoms with E-state index in [-0.39, 0.29) is 18.4 Å². The lowest BCUT2D eigenvalue weighted by Crippen LogP contribution is -2.40. The summed E-state index contributed by atoms with van der Waals surface area (Å²) in [6, 6.07) is 14.7. The van der Waals surface area contributed by atoms with Crippen LogP contribution in [0, 0.1) is 6.92 Å². The summed E-state index contributed by atoms with van der Waals surface area (Å²) < 4.78 is 0. The number of halogens is 1. The number of hydrogen-bond acceptors (Lipinski definition) is 2. The van der Waals surface area contributed by atoms with Gasteiger partial charge in [-0.2, -0.15) is 0 Å². The topological polar surface area (TPSA) is 49.4 Å². The number of nitrogens with one attached hydrogen (secondary N) is 1. The van der Waals surface area contributed by atoms with Crippen LogP contribution in [0.15, 0.2) is 48.5 Å². The third kappa shape index (κ3) is 5.10. The average molecular weight is 345 g/mol. The van der Waals surface area contributed by atoms with E-state index in [0.717, 1.165) is 11.1 Å². The van der Waals surface area contributed by atoms with Gasteiger partial charge in [-0.15, -0.1) is 0 Å². The van der Waals surface area contributed by atoms with Gasteiger partial charge in [0.1, 0.15) is 0 Å². The first-order valence-corrected chi connectivity index (χ1v) is 8.24. The van der Waals surface area contributed by atoms with Crippen LogP contribution in [0.1, 0.15) is 28.4 Å². The minimum absolute atomic E-state index is 0.0386. The summed E-state index contributed by atoms with van der Waals surface area (Å²) in [7, 11) is 0. The first-order chi connectivity index (χ1) is 11.5. The maximum Gasteiger partial charge on any atom is 0.254 e. The highest BCUT2D eigenvalue weighted by Gasteiger charge is 2.17. The lowest BCUT2D eigenvalue weighted by Gasteiger charge is -2.20. The molecule has 2 rings (SSSR count). The molecule has 0 unspecified atom stereocenters. The van der Waals surface area contributed by atoms with E-state index in [0.29, 0.717) is 23.7 Å². The molecule has 24 heavy (non-hydrogen) atoms. The smallest absolute Gasteiger partial charge is 0.254 e. The van der Waals surface area contributed by atoms with Crippen molar-refractivity contribution in [3.63, 3.8) is 0 Å². The van der Waals surface area contributed by atoms with Gasteiger partial charge in [0.25, 0.3) is 5.91 Å². The van der Waals surface area contributed by atoms with E-state index in [1.807, 2.05) is 44.2 Å². The molecule has 5 heteroatoms. The number of likely N-dealkylation sites (N-methyl/N-ethyl adjacent to an activating group) is 1. The fourth-order valence-electron chi connectivity index (χ4n) is 2.32. The van der Waals surface area contributed by atoms with Gasteiger partial charge in [-0.3, -0.25) is 9.59 Å². The molecule has 0 aromatic heterocycles. The number of benzene rings is 2. The average Bonchev–Trinajstić information content (AvgIpc) is 2.58. The highest BCUT2D eigenvalue weighted by atomic mass is 35.5. The largest absolute Gasteiger partial charge is 0.350 e. The zero-order valence-corrected chi connectivity index (χ0v) is 14.6. The van der Waals surface area contributed by atoms with E-state index in [1.54, 1.807) is 18.2 Å². The summed E-state index contributed by atoms with van der Waals surface area (Å²) >= 11 is 5.83. The van der Waals surface area contributed by atoms with Gasteiger partial charge in [0.15, 0.2) is 0 Å². The molecule has 126 valence electrons. The van der Waals surface area contributed by atoms with Gasteiger partial charge in [-0.05, 0) is 43.7 Å². The Morgan fingerprint density at radius 3 is 2.46 bits per heavy atom. The minimum atomic E-state index is -0.187. The molecule has 0 aliphatic carbocycles. The minimum Gasteiger partial charge on any atom is -0.350 e. The Bertz CT molecular complexity index is 714. The van der Waals surface area contributed by atoms with Crippen molar-refractivity contribution in [3.05, 3.63) is 70.2 Å². The van der Waals surface area contributed by atoms with Crippen LogP contribution >= 0.6 is 11.6 Å². The molecule has 0 bridgehead atoms. The second kappa shape index (κ2) is 8.50. The molecular formula is C19H21ClN2O2. The maximum absolute atomic E-state index is 12.5. The second-order valence-electron chi connectivity index (χ2n) is 5.59. The van der Waals surface area contributed by atoms with Gasteiger partial charge in [-0.1, -0.05) is 41.4 Å². The summed E-state index contributed by atoms with van der Waals surface area (Å²) in [6.07, 6.45) is 0. The zero-order valence-electron chi connectivity index (χ0n) is 13.9. The molecule has 2 aromatic carbocycles. The molecule has 0 fully saturated rings. The first kappa shape index (κ1) is 18.0. The summed E-state index contributed by atoms with van der Waals surface area (Å²) in [6.45, 7) is 4.72. The van der Waals surface area contributed by atoms with Crippen LogP contribution < -0.4 is 5.32 Å². The number of rotatable bonds is 6. The Kier molecular flexibility index (Phi) is 6.38. The van der Waals surface area contributed by atoms with E-state index in [2.05, 4.69) is 5.32 Å². The van der Waals surface area contributed by atoms with Crippen molar-refractivity contribution in [2.45, 2.75) is 20.4 Å². The van der Waals surface area contributed by atoms with Crippen LogP contribution in [0.3, 0.4) is 0 Å². The Labute approximate surface area is 147 Å². The third-order valence-corrected chi connectivity index (χ3v) is 3.92. The fourth-order valence-corrected chi connectivity index (χ4v) is 2.45. The zero-order chi connectivity index (χ0) is 17.5. The maximum atomic E-state index is 12.5. The molecule has 2 aromatic rings. The third-order valence-electron chi connectivity index (χ3n) is 3.67. The fraction of sp³-hybridized carbons (Fsp3) is 0.263. The summed E-state index contributed by atoms with van der Waals surface area (Å²) in [5.41, 5.74) is 2.58. The molecule has 0 radical (unpaired) electrons. The van der Waals surface area contributed by atoms with Crippen LogP contribution in [-0.2, 0) is 11.3 Å². The van der Waals surface area contributed by atoms with Crippen LogP contribution in [0.25, 0.3) is 0 Å². The van der Waals surface area contributed by atoms with Gasteiger partial charge in [0.2, 0.25) is 5.91 Å². The van der Waals surface area contributed by atoms with Crippen molar-refractivity contribution < 1.29 is 9.59 Å². The van der Waals surface area contributed by atoms with Gasteiger partial charge in [-0.25, -0.2) is 0 Å². The number of aryl methyl sites for hydroxylation is 1. The van der Waals surface area contributed by atoms with Gasteiger partial charge < -0.3 is 10.2 Å². The standard InChI is InChI=1S/C19H21ClN2O2/c1-3-22(19(24)16-6-4-5-14(2)11-16)13-18(23)21-12-15-7-9-17(20)10-8-15/h4-11H,3,12-13H2,1-2H3,(H,21,23). The van der Waals surface area contributed by atoms with E-state index in [1.165, 1.54) is 4.90 Å². The van der Waals surface area contributed by atoms with Crippen molar-refractivity contribution in [2.24, 2.45) is 0 Å². The SMILES string of the molecule is CCN(CC(=O)NCc1ccc(Cl)cc1)C(=O)c1cccc(C)c1. The molecule has 0 saturated carbocycles. The first-order valence-electron chi connectivity index (χ1n) is 7.86. The molecular weight excluding hydrogens is 324 g/mol. The highest BCUT2D eigenvalue weighted by molar-refractivity contribution is 6.30. The Hall–Kier alpha value is -2.33. The normalized spacial score (nSPS) is 10.3. The Morgan fingerprint density at radius 2 is 1.83 bits per heavy atom. The van der Waals surface area contributed by atoms with E-state index >= 15 is 0 Å². The molecule has 0 aliphatic heterocycles. The van der Waals surface area contributed by atoms with E-state index in [4.69, 9.17) is 11.6 Å². The summed E-state index contributed by atoms with van der Waals surface area (Å²) in [5, 5.41) is 3.48. The number of amides is 2. The molecule has 0 heterocycles. The predicted molar refractivity (Wildman–Crippen MR) is 96.1 cm³/mol. The molecule has 4 nitrogen and oxygen atoms in total. The molecule has 0 aliphatic rings. The lowest BCUT2D eigenvalue weighted by molar-refractivity contribution is -0.121. The number of carbonyl (C=O) groups excluding carboxylic acids is 2. The van der Waals surface area contributed by atoms with Crippen molar-refractivity contribution in [1.29, 1.82) is 0 Å². The predicted octanol–water partition coefficient (Wildman–Crippen LogP) is 3.43. The Morgan fingerprint density at radius 1 is 1.12 bits per heavy atom. The van der Waals surface area contributed by atoms with Crippen molar-refractivity contribution >= 4 is 23.4 Å². The van der Waals surface area contributed by atoms with E-state index in [9.17, 15) is 9.59 Å². The summed E-state index contributed by atoms with van der Waals surface area (Å²) in [5.74, 6) is -0.323. The monoisotopic (exact) mass is 344 g/mol. The van der Waals surface area contributed by atoms with Crippen molar-refractivity contribution in [3.8, 4) is 0 Å². The number of nitrogens with zero attached hydrogens (tertiary/aromatic N) is 1. The Balaban J connectivity index is 1.92. The summed E-state index contributed by atoms with van der Waals surface area (Å²) in [4.78, 5) is 26.2. The van der Waals surface area contributed by atoms with Crippen LogP contribution in [0.2, 0.25) is 5.02 Å². The second-order valence-corrected chi connectivity index (χ2v) is 6.03. The quantitative estimate of drug-likeness (QED) is 0.872. The number of hydrogen-bond donors (Lipinski definition) is 1. The molecule has 0 spiro atoms. The van der Waals surface area contributed by atoms with Crippen LogP contribution in [0.5, 0.6) is 0 Å². The number of carbonyl (C=O) groups is 2. The van der Waals surface area contributed by atoms with Gasteiger partial charge in [0, 0.05) is 23.7 Å². The molecule has 1 N–H and O–H groups in total. The van der Waals surface area contributed by atoms with Crippen molar-refractivity contribution in [2.75, 3.05) is 13.1 Å². The highest BCUT2D eigenvalue weighted by Crippen LogP contribution is 2.10.